The summed E-state index contributed by atoms with van der Waals surface area (Å²) in [5.41, 5.74) is 3.91. The van der Waals surface area contributed by atoms with Crippen LogP contribution in [0.2, 0.25) is 0 Å². The number of para-hydroxylation sites is 3. The standard InChI is InChI=1S/C48H38N4OSi/c1-49-44-25-12-13-26-45(44)51-35-16-15-17-36(32-35)53-37-28-29-43-42-24-11-14-27-46(42)52(47(43)33-37)48-34-41(30-31-50-48)54(38-18-5-2-6-19-38,39-20-7-3-8-21-39)40-22-9-4-10-23-40/h2-34,49,51H,1H3/i1D3. The van der Waals surface area contributed by atoms with Crippen molar-refractivity contribution in [1.29, 1.82) is 0 Å². The lowest BCUT2D eigenvalue weighted by atomic mass is 10.1. The summed E-state index contributed by atoms with van der Waals surface area (Å²) >= 11 is 0. The molecule has 0 aliphatic heterocycles. The fourth-order valence-electron chi connectivity index (χ4n) is 7.73. The van der Waals surface area contributed by atoms with Crippen LogP contribution < -0.4 is 36.1 Å². The molecule has 6 heteroatoms. The largest absolute Gasteiger partial charge is 0.457 e. The predicted octanol–water partition coefficient (Wildman–Crippen LogP) is 9.13. The van der Waals surface area contributed by atoms with E-state index >= 15 is 0 Å². The Morgan fingerprint density at radius 1 is 0.519 bits per heavy atom. The Bertz CT molecular complexity index is 2730. The van der Waals surface area contributed by atoms with E-state index in [0.717, 1.165) is 33.3 Å². The van der Waals surface area contributed by atoms with E-state index in [9.17, 15) is 0 Å². The molecule has 0 fully saturated rings. The fraction of sp³-hybridized carbons (Fsp3) is 0.0208. The molecule has 0 bridgehead atoms. The first-order chi connectivity index (χ1) is 27.9. The number of benzene rings is 7. The molecule has 7 aromatic carbocycles. The minimum Gasteiger partial charge on any atom is -0.457 e. The van der Waals surface area contributed by atoms with Crippen molar-refractivity contribution in [2.45, 2.75) is 0 Å². The van der Waals surface area contributed by atoms with Crippen molar-refractivity contribution in [3.8, 4) is 17.3 Å². The van der Waals surface area contributed by atoms with E-state index in [2.05, 4.69) is 155 Å². The molecular formula is C48H38N4OSi. The van der Waals surface area contributed by atoms with Gasteiger partial charge in [0, 0.05) is 45.9 Å². The summed E-state index contributed by atoms with van der Waals surface area (Å²) in [6.07, 6.45) is 1.95. The molecule has 0 aliphatic carbocycles. The molecule has 54 heavy (non-hydrogen) atoms. The summed E-state index contributed by atoms with van der Waals surface area (Å²) in [5.74, 6) is 2.13. The molecule has 2 N–H and O–H groups in total. The molecule has 0 aliphatic rings. The topological polar surface area (TPSA) is 51.1 Å². The van der Waals surface area contributed by atoms with Crippen LogP contribution in [0.15, 0.2) is 200 Å². The molecular weight excluding hydrogens is 677 g/mol. The van der Waals surface area contributed by atoms with E-state index in [-0.39, 0.29) is 0 Å². The molecule has 260 valence electrons. The third kappa shape index (κ3) is 5.89. The van der Waals surface area contributed by atoms with Gasteiger partial charge in [-0.15, -0.1) is 0 Å². The summed E-state index contributed by atoms with van der Waals surface area (Å²) in [6, 6.07) is 66.7. The maximum atomic E-state index is 7.68. The van der Waals surface area contributed by atoms with Crippen LogP contribution in [-0.4, -0.2) is 24.6 Å². The quantitative estimate of drug-likeness (QED) is 0.110. The second-order valence-corrected chi connectivity index (χ2v) is 17.0. The fourth-order valence-corrected chi connectivity index (χ4v) is 12.5. The van der Waals surface area contributed by atoms with Crippen molar-refractivity contribution in [2.24, 2.45) is 0 Å². The zero-order chi connectivity index (χ0) is 38.8. The van der Waals surface area contributed by atoms with Crippen LogP contribution >= 0.6 is 0 Å². The van der Waals surface area contributed by atoms with Crippen LogP contribution in [0.3, 0.4) is 0 Å². The monoisotopic (exact) mass is 717 g/mol. The highest BCUT2D eigenvalue weighted by molar-refractivity contribution is 7.19. The molecule has 0 radical (unpaired) electrons. The first kappa shape index (κ1) is 29.7. The first-order valence-corrected chi connectivity index (χ1v) is 20.0. The smallest absolute Gasteiger partial charge is 0.179 e. The Labute approximate surface area is 320 Å². The SMILES string of the molecule is [2H]C([2H])([2H])Nc1ccccc1Nc1cccc(Oc2ccc3c4ccccc4n(-c4cc([Si](c5ccccc5)(c5ccccc5)c5ccccc5)ccn4)c3c2)c1. The van der Waals surface area contributed by atoms with Gasteiger partial charge in [-0.25, -0.2) is 4.98 Å². The lowest BCUT2D eigenvalue weighted by Gasteiger charge is -2.34. The maximum Gasteiger partial charge on any atom is 0.179 e. The van der Waals surface area contributed by atoms with Crippen LogP contribution in [0.5, 0.6) is 11.5 Å². The second kappa shape index (κ2) is 14.3. The van der Waals surface area contributed by atoms with Crippen molar-refractivity contribution in [3.63, 3.8) is 0 Å². The van der Waals surface area contributed by atoms with Crippen LogP contribution in [0.4, 0.5) is 17.1 Å². The number of rotatable bonds is 10. The Morgan fingerprint density at radius 3 is 1.83 bits per heavy atom. The van der Waals surface area contributed by atoms with Crippen LogP contribution in [0.1, 0.15) is 4.11 Å². The van der Waals surface area contributed by atoms with Crippen molar-refractivity contribution in [2.75, 3.05) is 17.6 Å². The van der Waals surface area contributed by atoms with Gasteiger partial charge in [0.2, 0.25) is 0 Å². The average molecular weight is 718 g/mol. The number of aromatic nitrogens is 2. The molecule has 2 aromatic heterocycles. The molecule has 0 saturated heterocycles. The van der Waals surface area contributed by atoms with Crippen LogP contribution in [0, 0.1) is 0 Å². The second-order valence-electron chi connectivity index (χ2n) is 13.2. The number of nitrogens with zero attached hydrogens (tertiary/aromatic N) is 2. The predicted molar refractivity (Wildman–Crippen MR) is 228 cm³/mol. The number of hydrogen-bond acceptors (Lipinski definition) is 4. The lowest BCUT2D eigenvalue weighted by Crippen LogP contribution is -2.74. The summed E-state index contributed by atoms with van der Waals surface area (Å²) in [5, 5.41) is 13.3. The summed E-state index contributed by atoms with van der Waals surface area (Å²) < 4.78 is 31.8. The Hall–Kier alpha value is -6.89. The molecule has 5 nitrogen and oxygen atoms in total. The van der Waals surface area contributed by atoms with Gasteiger partial charge < -0.3 is 15.4 Å². The average Bonchev–Trinajstić information content (AvgIpc) is 3.56. The molecule has 0 unspecified atom stereocenters. The van der Waals surface area contributed by atoms with Gasteiger partial charge in [0.25, 0.3) is 0 Å². The van der Waals surface area contributed by atoms with E-state index in [1.54, 1.807) is 12.1 Å². The molecule has 2 heterocycles. The Morgan fingerprint density at radius 2 is 1.13 bits per heavy atom. The summed E-state index contributed by atoms with van der Waals surface area (Å²) in [4.78, 5) is 5.07. The zero-order valence-corrected chi connectivity index (χ0v) is 30.4. The highest BCUT2D eigenvalue weighted by Gasteiger charge is 2.41. The number of pyridine rings is 1. The third-order valence-electron chi connectivity index (χ3n) is 10.1. The number of nitrogens with one attached hydrogen (secondary N) is 2. The maximum absolute atomic E-state index is 7.68. The number of fused-ring (bicyclic) bond motifs is 3. The lowest BCUT2D eigenvalue weighted by molar-refractivity contribution is 0.483. The van der Waals surface area contributed by atoms with E-state index < -0.39 is 15.0 Å². The molecule has 9 rings (SSSR count). The minimum absolute atomic E-state index is 0.482. The van der Waals surface area contributed by atoms with Gasteiger partial charge in [0.1, 0.15) is 17.3 Å². The molecule has 0 atom stereocenters. The van der Waals surface area contributed by atoms with E-state index in [0.29, 0.717) is 22.9 Å². The minimum atomic E-state index is -2.81. The van der Waals surface area contributed by atoms with Crippen molar-refractivity contribution in [3.05, 3.63) is 200 Å². The van der Waals surface area contributed by atoms with Gasteiger partial charge in [-0.2, -0.15) is 0 Å². The number of hydrogen-bond donors (Lipinski definition) is 2. The van der Waals surface area contributed by atoms with Gasteiger partial charge in [-0.3, -0.25) is 4.57 Å². The number of ether oxygens (including phenoxy) is 1. The van der Waals surface area contributed by atoms with Gasteiger partial charge in [-0.1, -0.05) is 127 Å². The van der Waals surface area contributed by atoms with Crippen molar-refractivity contribution < 1.29 is 8.85 Å². The van der Waals surface area contributed by atoms with Gasteiger partial charge in [-0.05, 0) is 75.3 Å². The van der Waals surface area contributed by atoms with Crippen LogP contribution in [0.25, 0.3) is 27.6 Å². The van der Waals surface area contributed by atoms with Crippen molar-refractivity contribution in [1.82, 2.24) is 9.55 Å². The third-order valence-corrected chi connectivity index (χ3v) is 14.9. The van der Waals surface area contributed by atoms with E-state index in [1.807, 2.05) is 48.7 Å². The Kier molecular flexibility index (Phi) is 7.83. The zero-order valence-electron chi connectivity index (χ0n) is 32.4. The molecule has 0 saturated carbocycles. The Balaban J connectivity index is 1.15. The van der Waals surface area contributed by atoms with Gasteiger partial charge in [0.05, 0.1) is 22.4 Å². The summed E-state index contributed by atoms with van der Waals surface area (Å²) in [7, 11) is -2.81. The van der Waals surface area contributed by atoms with Gasteiger partial charge in [0.15, 0.2) is 8.07 Å². The van der Waals surface area contributed by atoms with Crippen LogP contribution in [-0.2, 0) is 0 Å². The van der Waals surface area contributed by atoms with Crippen molar-refractivity contribution >= 4 is 67.7 Å². The highest BCUT2D eigenvalue weighted by atomic mass is 28.3. The van der Waals surface area contributed by atoms with Gasteiger partial charge >= 0.3 is 0 Å². The molecule has 9 aromatic rings. The highest BCUT2D eigenvalue weighted by Crippen LogP contribution is 2.35. The molecule has 0 spiro atoms. The molecule has 0 amide bonds. The summed E-state index contributed by atoms with van der Waals surface area (Å²) in [6.45, 7) is -2.32. The first-order valence-electron chi connectivity index (χ1n) is 19.5. The normalized spacial score (nSPS) is 12.5. The number of anilines is 3. The van der Waals surface area contributed by atoms with E-state index in [1.165, 1.54) is 20.7 Å². The van der Waals surface area contributed by atoms with E-state index in [4.69, 9.17) is 13.8 Å².